The van der Waals surface area contributed by atoms with Gasteiger partial charge in [0.1, 0.15) is 0 Å². The van der Waals surface area contributed by atoms with Gasteiger partial charge in [-0.15, -0.1) is 0 Å². The average molecular weight is 262 g/mol. The van der Waals surface area contributed by atoms with Gasteiger partial charge in [-0.2, -0.15) is 0 Å². The maximum Gasteiger partial charge on any atom is 0.222 e. The molecule has 3 heteroatoms. The van der Waals surface area contributed by atoms with E-state index in [-0.39, 0.29) is 11.3 Å². The molecule has 2 N–H and O–H groups in total. The second-order valence-electron chi connectivity index (χ2n) is 5.96. The quantitative estimate of drug-likeness (QED) is 0.820. The van der Waals surface area contributed by atoms with E-state index in [1.54, 1.807) is 4.90 Å². The van der Waals surface area contributed by atoms with E-state index in [0.717, 1.165) is 12.8 Å². The Hall–Kier alpha value is -1.35. The third kappa shape index (κ3) is 5.88. The Bertz CT molecular complexity index is 387. The van der Waals surface area contributed by atoms with E-state index in [1.165, 1.54) is 5.56 Å². The monoisotopic (exact) mass is 262 g/mol. The molecule has 0 saturated carbocycles. The van der Waals surface area contributed by atoms with Crippen molar-refractivity contribution in [3.05, 3.63) is 35.9 Å². The molecule has 19 heavy (non-hydrogen) atoms. The Morgan fingerprint density at radius 2 is 1.89 bits per heavy atom. The predicted octanol–water partition coefficient (Wildman–Crippen LogP) is 2.45. The Balaban J connectivity index is 2.31. The lowest BCUT2D eigenvalue weighted by Crippen LogP contribution is -2.39. The Morgan fingerprint density at radius 3 is 2.47 bits per heavy atom. The van der Waals surface area contributed by atoms with E-state index in [4.69, 9.17) is 5.73 Å². The van der Waals surface area contributed by atoms with E-state index in [1.807, 2.05) is 25.2 Å². The average Bonchev–Trinajstić information content (AvgIpc) is 2.39. The van der Waals surface area contributed by atoms with Crippen LogP contribution in [0.15, 0.2) is 30.3 Å². The first-order chi connectivity index (χ1) is 8.94. The Morgan fingerprint density at radius 1 is 1.26 bits per heavy atom. The summed E-state index contributed by atoms with van der Waals surface area (Å²) in [4.78, 5) is 13.8. The van der Waals surface area contributed by atoms with Gasteiger partial charge in [-0.05, 0) is 30.4 Å². The van der Waals surface area contributed by atoms with Gasteiger partial charge >= 0.3 is 0 Å². The number of aryl methyl sites for hydroxylation is 1. The van der Waals surface area contributed by atoms with Crippen molar-refractivity contribution in [3.63, 3.8) is 0 Å². The SMILES string of the molecule is CN(CC(C)(C)CN)C(=O)CCCc1ccccc1. The fraction of sp³-hybridized carbons (Fsp3) is 0.562. The number of hydrogen-bond donors (Lipinski definition) is 1. The predicted molar refractivity (Wildman–Crippen MR) is 79.9 cm³/mol. The highest BCUT2D eigenvalue weighted by Crippen LogP contribution is 2.15. The van der Waals surface area contributed by atoms with Crippen LogP contribution in [0.4, 0.5) is 0 Å². The lowest BCUT2D eigenvalue weighted by molar-refractivity contribution is -0.131. The standard InChI is InChI=1S/C16H26N2O/c1-16(2,12-17)13-18(3)15(19)11-7-10-14-8-5-4-6-9-14/h4-6,8-9H,7,10-13,17H2,1-3H3. The minimum Gasteiger partial charge on any atom is -0.345 e. The van der Waals surface area contributed by atoms with E-state index >= 15 is 0 Å². The van der Waals surface area contributed by atoms with Crippen molar-refractivity contribution in [3.8, 4) is 0 Å². The summed E-state index contributed by atoms with van der Waals surface area (Å²) >= 11 is 0. The molecule has 0 aliphatic carbocycles. The first-order valence-electron chi connectivity index (χ1n) is 6.92. The molecule has 106 valence electrons. The summed E-state index contributed by atoms with van der Waals surface area (Å²) in [5.41, 5.74) is 6.97. The third-order valence-electron chi connectivity index (χ3n) is 3.34. The van der Waals surface area contributed by atoms with E-state index in [0.29, 0.717) is 19.5 Å². The van der Waals surface area contributed by atoms with Gasteiger partial charge in [-0.1, -0.05) is 44.2 Å². The van der Waals surface area contributed by atoms with E-state index in [2.05, 4.69) is 26.0 Å². The van der Waals surface area contributed by atoms with Crippen LogP contribution >= 0.6 is 0 Å². The molecule has 0 atom stereocenters. The summed E-state index contributed by atoms with van der Waals surface area (Å²) in [6.07, 6.45) is 2.46. The smallest absolute Gasteiger partial charge is 0.222 e. The van der Waals surface area contributed by atoms with Crippen LogP contribution in [0, 0.1) is 5.41 Å². The van der Waals surface area contributed by atoms with Gasteiger partial charge < -0.3 is 10.6 Å². The molecule has 0 heterocycles. The second-order valence-corrected chi connectivity index (χ2v) is 5.96. The highest BCUT2D eigenvalue weighted by molar-refractivity contribution is 5.75. The zero-order valence-corrected chi connectivity index (χ0v) is 12.4. The maximum absolute atomic E-state index is 12.0. The van der Waals surface area contributed by atoms with Gasteiger partial charge in [0.25, 0.3) is 0 Å². The first kappa shape index (κ1) is 15.7. The molecule has 0 aromatic heterocycles. The minimum absolute atomic E-state index is 0.0101. The summed E-state index contributed by atoms with van der Waals surface area (Å²) < 4.78 is 0. The number of carbonyl (C=O) groups is 1. The number of benzene rings is 1. The van der Waals surface area contributed by atoms with Crippen LogP contribution < -0.4 is 5.73 Å². The molecule has 0 fully saturated rings. The number of nitrogens with zero attached hydrogens (tertiary/aromatic N) is 1. The molecule has 0 unspecified atom stereocenters. The highest BCUT2D eigenvalue weighted by atomic mass is 16.2. The van der Waals surface area contributed by atoms with Crippen LogP contribution in [0.25, 0.3) is 0 Å². The lowest BCUT2D eigenvalue weighted by atomic mass is 9.93. The van der Waals surface area contributed by atoms with Crippen molar-refractivity contribution in [2.45, 2.75) is 33.1 Å². The molecule has 1 rings (SSSR count). The van der Waals surface area contributed by atoms with Gasteiger partial charge in [-0.25, -0.2) is 0 Å². The molecular formula is C16H26N2O. The van der Waals surface area contributed by atoms with Gasteiger partial charge in [0, 0.05) is 20.0 Å². The molecule has 1 aromatic rings. The summed E-state index contributed by atoms with van der Waals surface area (Å²) in [5.74, 6) is 0.206. The fourth-order valence-electron chi connectivity index (χ4n) is 2.07. The van der Waals surface area contributed by atoms with Gasteiger partial charge in [0.05, 0.1) is 0 Å². The zero-order valence-electron chi connectivity index (χ0n) is 12.4. The molecule has 1 amide bonds. The van der Waals surface area contributed by atoms with Crippen molar-refractivity contribution >= 4 is 5.91 Å². The molecule has 0 bridgehead atoms. The van der Waals surface area contributed by atoms with Crippen LogP contribution in [0.5, 0.6) is 0 Å². The van der Waals surface area contributed by atoms with Crippen LogP contribution in [-0.4, -0.2) is 30.9 Å². The van der Waals surface area contributed by atoms with Crippen LogP contribution in [-0.2, 0) is 11.2 Å². The van der Waals surface area contributed by atoms with Crippen LogP contribution in [0.1, 0.15) is 32.3 Å². The number of nitrogens with two attached hydrogens (primary N) is 1. The zero-order chi connectivity index (χ0) is 14.3. The summed E-state index contributed by atoms with van der Waals surface area (Å²) in [7, 11) is 1.86. The largest absolute Gasteiger partial charge is 0.345 e. The van der Waals surface area contributed by atoms with E-state index < -0.39 is 0 Å². The van der Waals surface area contributed by atoms with Crippen LogP contribution in [0.2, 0.25) is 0 Å². The highest BCUT2D eigenvalue weighted by Gasteiger charge is 2.20. The fourth-order valence-corrected chi connectivity index (χ4v) is 2.07. The molecule has 0 saturated heterocycles. The van der Waals surface area contributed by atoms with Crippen molar-refractivity contribution in [2.75, 3.05) is 20.1 Å². The number of rotatable bonds is 7. The topological polar surface area (TPSA) is 46.3 Å². The molecule has 0 radical (unpaired) electrons. The van der Waals surface area contributed by atoms with Gasteiger partial charge in [-0.3, -0.25) is 4.79 Å². The van der Waals surface area contributed by atoms with Gasteiger partial charge in [0.15, 0.2) is 0 Å². The second kappa shape index (κ2) is 7.29. The van der Waals surface area contributed by atoms with Crippen LogP contribution in [0.3, 0.4) is 0 Å². The summed E-state index contributed by atoms with van der Waals surface area (Å²) in [5, 5.41) is 0. The van der Waals surface area contributed by atoms with Gasteiger partial charge in [0.2, 0.25) is 5.91 Å². The molecular weight excluding hydrogens is 236 g/mol. The van der Waals surface area contributed by atoms with E-state index in [9.17, 15) is 4.79 Å². The third-order valence-corrected chi connectivity index (χ3v) is 3.34. The Kier molecular flexibility index (Phi) is 6.03. The molecule has 3 nitrogen and oxygen atoms in total. The summed E-state index contributed by atoms with van der Waals surface area (Å²) in [6, 6.07) is 10.3. The van der Waals surface area contributed by atoms with Crippen molar-refractivity contribution in [2.24, 2.45) is 11.1 Å². The molecule has 0 aliphatic heterocycles. The minimum atomic E-state index is -0.0101. The molecule has 0 spiro atoms. The van der Waals surface area contributed by atoms with Crippen molar-refractivity contribution in [1.29, 1.82) is 0 Å². The first-order valence-corrected chi connectivity index (χ1v) is 6.92. The normalized spacial score (nSPS) is 11.4. The Labute approximate surface area is 116 Å². The maximum atomic E-state index is 12.0. The summed E-state index contributed by atoms with van der Waals surface area (Å²) in [6.45, 7) is 5.48. The number of amides is 1. The number of carbonyl (C=O) groups excluding carboxylic acids is 1. The molecule has 0 aliphatic rings. The lowest BCUT2D eigenvalue weighted by Gasteiger charge is -2.29. The molecule has 1 aromatic carbocycles. The van der Waals surface area contributed by atoms with Crippen molar-refractivity contribution < 1.29 is 4.79 Å². The van der Waals surface area contributed by atoms with Crippen molar-refractivity contribution in [1.82, 2.24) is 4.90 Å². The number of hydrogen-bond acceptors (Lipinski definition) is 2.